The largest absolute Gasteiger partial charge is 0.361 e. The van der Waals surface area contributed by atoms with Crippen molar-refractivity contribution >= 4 is 11.5 Å². The molecule has 0 atom stereocenters. The van der Waals surface area contributed by atoms with Gasteiger partial charge in [-0.05, 0) is 31.1 Å². The minimum atomic E-state index is 0.492. The van der Waals surface area contributed by atoms with Crippen molar-refractivity contribution in [2.45, 2.75) is 19.9 Å². The zero-order valence-electron chi connectivity index (χ0n) is 13.8. The van der Waals surface area contributed by atoms with Crippen molar-refractivity contribution in [3.05, 3.63) is 60.2 Å². The van der Waals surface area contributed by atoms with Crippen LogP contribution in [-0.4, -0.2) is 31.3 Å². The van der Waals surface area contributed by atoms with Crippen molar-refractivity contribution in [1.82, 2.24) is 30.0 Å². The highest BCUT2D eigenvalue weighted by Crippen LogP contribution is 2.21. The van der Waals surface area contributed by atoms with Gasteiger partial charge in [0.15, 0.2) is 0 Å². The van der Waals surface area contributed by atoms with Crippen LogP contribution in [0.25, 0.3) is 5.57 Å². The Morgan fingerprint density at radius 1 is 1.40 bits per heavy atom. The number of aromatic nitrogens is 5. The molecule has 3 heterocycles. The van der Waals surface area contributed by atoms with Crippen LogP contribution in [0.1, 0.15) is 17.7 Å². The summed E-state index contributed by atoms with van der Waals surface area (Å²) >= 11 is 0. The average Bonchev–Trinajstić information content (AvgIpc) is 3.16. The van der Waals surface area contributed by atoms with Gasteiger partial charge in [0, 0.05) is 25.5 Å². The number of nitriles is 1. The molecule has 1 aliphatic heterocycles. The highest BCUT2D eigenvalue weighted by Gasteiger charge is 2.13. The lowest BCUT2D eigenvalue weighted by molar-refractivity contribution is 0.589. The van der Waals surface area contributed by atoms with Crippen molar-refractivity contribution in [3.8, 4) is 6.07 Å². The molecule has 2 aromatic rings. The van der Waals surface area contributed by atoms with E-state index >= 15 is 0 Å². The van der Waals surface area contributed by atoms with E-state index in [2.05, 4.69) is 36.8 Å². The van der Waals surface area contributed by atoms with E-state index in [9.17, 15) is 5.26 Å². The fourth-order valence-corrected chi connectivity index (χ4v) is 2.36. The maximum Gasteiger partial charge on any atom is 0.223 e. The Kier molecular flexibility index (Phi) is 5.16. The Balaban J connectivity index is 1.71. The summed E-state index contributed by atoms with van der Waals surface area (Å²) in [6.07, 6.45) is 13.2. The average molecular weight is 334 g/mol. The maximum atomic E-state index is 9.56. The van der Waals surface area contributed by atoms with Crippen LogP contribution in [0.2, 0.25) is 0 Å². The molecule has 0 bridgehead atoms. The molecule has 8 nitrogen and oxygen atoms in total. The predicted molar refractivity (Wildman–Crippen MR) is 93.8 cm³/mol. The molecule has 0 radical (unpaired) electrons. The van der Waals surface area contributed by atoms with E-state index < -0.39 is 0 Å². The molecule has 1 aliphatic rings. The van der Waals surface area contributed by atoms with Gasteiger partial charge < -0.3 is 10.6 Å². The lowest BCUT2D eigenvalue weighted by Gasteiger charge is -2.12. The van der Waals surface area contributed by atoms with Crippen LogP contribution < -0.4 is 10.6 Å². The Hall–Kier alpha value is -3.47. The molecule has 2 aromatic heterocycles. The second-order valence-electron chi connectivity index (χ2n) is 5.43. The lowest BCUT2D eigenvalue weighted by atomic mass is 10.1. The van der Waals surface area contributed by atoms with Gasteiger partial charge in [0.2, 0.25) is 5.95 Å². The fraction of sp³-hybridized carbons (Fsp3) is 0.235. The highest BCUT2D eigenvalue weighted by atomic mass is 15.3. The van der Waals surface area contributed by atoms with Gasteiger partial charge in [0.05, 0.1) is 11.4 Å². The van der Waals surface area contributed by atoms with Crippen molar-refractivity contribution in [2.75, 3.05) is 11.9 Å². The number of nitrogens with zero attached hydrogens (tertiary/aromatic N) is 6. The van der Waals surface area contributed by atoms with Crippen LogP contribution in [0, 0.1) is 18.3 Å². The Labute approximate surface area is 145 Å². The summed E-state index contributed by atoms with van der Waals surface area (Å²) in [5.41, 5.74) is 2.69. The molecule has 126 valence electrons. The summed E-state index contributed by atoms with van der Waals surface area (Å²) < 4.78 is 1.77. The van der Waals surface area contributed by atoms with E-state index in [0.717, 1.165) is 24.2 Å². The quantitative estimate of drug-likeness (QED) is 0.613. The number of dihydropyridines is 1. The Morgan fingerprint density at radius 3 is 3.04 bits per heavy atom. The van der Waals surface area contributed by atoms with Crippen molar-refractivity contribution < 1.29 is 0 Å². The van der Waals surface area contributed by atoms with E-state index in [4.69, 9.17) is 0 Å². The minimum absolute atomic E-state index is 0.492. The van der Waals surface area contributed by atoms with Gasteiger partial charge in [-0.2, -0.15) is 10.4 Å². The van der Waals surface area contributed by atoms with Gasteiger partial charge in [0.25, 0.3) is 0 Å². The Bertz CT molecular complexity index is 855. The number of anilines is 1. The van der Waals surface area contributed by atoms with Gasteiger partial charge in [-0.25, -0.2) is 15.0 Å². The standard InChI is InChI=1S/C17H18N8/c1-13-10-22-17(21-7-4-8-25-12-19-11-23-25)24-16(13)14(9-18)15-5-2-3-6-20-15/h2-3,5-6,10-12,20H,4,7-8H2,1H3,(H,21,22,24)/b15-14+. The second-order valence-corrected chi connectivity index (χ2v) is 5.43. The van der Waals surface area contributed by atoms with E-state index in [-0.39, 0.29) is 0 Å². The molecule has 0 aromatic carbocycles. The summed E-state index contributed by atoms with van der Waals surface area (Å²) in [6, 6.07) is 2.24. The Morgan fingerprint density at radius 2 is 2.32 bits per heavy atom. The number of rotatable bonds is 6. The SMILES string of the molecule is Cc1cnc(NCCCn2cncn2)nc1/C(C#N)=C1\C=CC=CN1. The van der Waals surface area contributed by atoms with Crippen LogP contribution in [-0.2, 0) is 6.54 Å². The summed E-state index contributed by atoms with van der Waals surface area (Å²) in [5.74, 6) is 0.503. The summed E-state index contributed by atoms with van der Waals surface area (Å²) in [5, 5.41) is 19.9. The molecule has 0 spiro atoms. The van der Waals surface area contributed by atoms with Gasteiger partial charge in [-0.15, -0.1) is 0 Å². The first-order valence-electron chi connectivity index (χ1n) is 7.92. The number of allylic oxidation sites excluding steroid dienone is 4. The first kappa shape index (κ1) is 16.4. The first-order valence-corrected chi connectivity index (χ1v) is 7.92. The molecule has 0 amide bonds. The molecule has 2 N–H and O–H groups in total. The predicted octanol–water partition coefficient (Wildman–Crippen LogP) is 1.79. The maximum absolute atomic E-state index is 9.56. The zero-order valence-corrected chi connectivity index (χ0v) is 13.8. The zero-order chi connectivity index (χ0) is 17.5. The molecular formula is C17H18N8. The van der Waals surface area contributed by atoms with E-state index in [1.807, 2.05) is 25.2 Å². The van der Waals surface area contributed by atoms with Gasteiger partial charge in [-0.3, -0.25) is 4.68 Å². The van der Waals surface area contributed by atoms with Crippen molar-refractivity contribution in [2.24, 2.45) is 0 Å². The van der Waals surface area contributed by atoms with Crippen molar-refractivity contribution in [3.63, 3.8) is 0 Å². The molecule has 25 heavy (non-hydrogen) atoms. The van der Waals surface area contributed by atoms with Crippen LogP contribution in [0.3, 0.4) is 0 Å². The molecule has 3 rings (SSSR count). The number of aryl methyl sites for hydroxylation is 2. The van der Waals surface area contributed by atoms with Gasteiger partial charge in [-0.1, -0.05) is 6.08 Å². The highest BCUT2D eigenvalue weighted by molar-refractivity contribution is 5.80. The number of nitrogens with one attached hydrogen (secondary N) is 2. The molecule has 0 aliphatic carbocycles. The van der Waals surface area contributed by atoms with Gasteiger partial charge >= 0.3 is 0 Å². The van der Waals surface area contributed by atoms with Crippen LogP contribution >= 0.6 is 0 Å². The molecule has 0 saturated heterocycles. The van der Waals surface area contributed by atoms with Gasteiger partial charge in [0.1, 0.15) is 24.3 Å². The minimum Gasteiger partial charge on any atom is -0.361 e. The number of hydrogen-bond donors (Lipinski definition) is 2. The third kappa shape index (κ3) is 4.09. The molecular weight excluding hydrogens is 316 g/mol. The molecule has 8 heteroatoms. The van der Waals surface area contributed by atoms with E-state index in [1.165, 1.54) is 6.33 Å². The van der Waals surface area contributed by atoms with Crippen LogP contribution in [0.4, 0.5) is 5.95 Å². The molecule has 0 saturated carbocycles. The van der Waals surface area contributed by atoms with E-state index in [0.29, 0.717) is 23.8 Å². The molecule has 0 fully saturated rings. The summed E-state index contributed by atoms with van der Waals surface area (Å²) in [6.45, 7) is 3.35. The smallest absolute Gasteiger partial charge is 0.223 e. The normalized spacial score (nSPS) is 14.7. The topological polar surface area (TPSA) is 104 Å². The first-order chi connectivity index (χ1) is 12.3. The van der Waals surface area contributed by atoms with E-state index in [1.54, 1.807) is 23.4 Å². The van der Waals surface area contributed by atoms with Crippen molar-refractivity contribution in [1.29, 1.82) is 5.26 Å². The molecule has 0 unspecified atom stereocenters. The van der Waals surface area contributed by atoms with Crippen LogP contribution in [0.5, 0.6) is 0 Å². The third-order valence-corrected chi connectivity index (χ3v) is 3.61. The summed E-state index contributed by atoms with van der Waals surface area (Å²) in [4.78, 5) is 12.7. The van der Waals surface area contributed by atoms with Crippen LogP contribution in [0.15, 0.2) is 49.0 Å². The lowest BCUT2D eigenvalue weighted by Crippen LogP contribution is -2.12. The second kappa shape index (κ2) is 7.88. The third-order valence-electron chi connectivity index (χ3n) is 3.61. The fourth-order valence-electron chi connectivity index (χ4n) is 2.36. The number of hydrogen-bond acceptors (Lipinski definition) is 7. The monoisotopic (exact) mass is 334 g/mol. The summed E-state index contributed by atoms with van der Waals surface area (Å²) in [7, 11) is 0.